The summed E-state index contributed by atoms with van der Waals surface area (Å²) in [7, 11) is 0. The largest absolute Gasteiger partial charge is 0.332 e. The van der Waals surface area contributed by atoms with Crippen LogP contribution in [0.25, 0.3) is 10.8 Å². The summed E-state index contributed by atoms with van der Waals surface area (Å²) < 4.78 is 13.4. The van der Waals surface area contributed by atoms with E-state index in [1.807, 2.05) is 73.8 Å². The molecule has 1 heterocycles. The predicted octanol–water partition coefficient (Wildman–Crippen LogP) is 6.12. The number of halogens is 1. The predicted molar refractivity (Wildman–Crippen MR) is 135 cm³/mol. The number of carbonyl (C=O) groups is 2. The van der Waals surface area contributed by atoms with E-state index in [2.05, 4.69) is 0 Å². The molecule has 6 heteroatoms. The second-order valence-electron chi connectivity index (χ2n) is 8.51. The van der Waals surface area contributed by atoms with Crippen LogP contribution in [-0.2, 0) is 17.9 Å². The molecule has 0 atom stereocenters. The number of nitrogens with zero attached hydrogens (tertiary/aromatic N) is 2. The first-order valence-corrected chi connectivity index (χ1v) is 12.1. The van der Waals surface area contributed by atoms with Crippen LogP contribution in [0.2, 0.25) is 0 Å². The quantitative estimate of drug-likeness (QED) is 0.309. The summed E-state index contributed by atoms with van der Waals surface area (Å²) in [5.41, 5.74) is 1.42. The molecule has 34 heavy (non-hydrogen) atoms. The van der Waals surface area contributed by atoms with Gasteiger partial charge < -0.3 is 9.80 Å². The second kappa shape index (κ2) is 10.6. The van der Waals surface area contributed by atoms with Gasteiger partial charge in [-0.2, -0.15) is 0 Å². The maximum atomic E-state index is 13.6. The summed E-state index contributed by atoms with van der Waals surface area (Å²) in [6.45, 7) is 4.57. The highest BCUT2D eigenvalue weighted by Gasteiger charge is 2.26. The Kier molecular flexibility index (Phi) is 7.38. The van der Waals surface area contributed by atoms with Crippen molar-refractivity contribution in [2.45, 2.75) is 33.0 Å². The molecule has 0 spiro atoms. The zero-order valence-electron chi connectivity index (χ0n) is 19.3. The van der Waals surface area contributed by atoms with Crippen LogP contribution < -0.4 is 0 Å². The molecule has 4 nitrogen and oxygen atoms in total. The lowest BCUT2D eigenvalue weighted by Crippen LogP contribution is -2.45. The summed E-state index contributed by atoms with van der Waals surface area (Å²) in [4.78, 5) is 31.5. The first-order valence-electron chi connectivity index (χ1n) is 11.3. The van der Waals surface area contributed by atoms with Crippen molar-refractivity contribution in [3.05, 3.63) is 106 Å². The van der Waals surface area contributed by atoms with Gasteiger partial charge in [-0.25, -0.2) is 4.39 Å². The molecule has 0 aliphatic heterocycles. The fourth-order valence-electron chi connectivity index (χ4n) is 3.93. The number of amides is 2. The summed E-state index contributed by atoms with van der Waals surface area (Å²) in [5, 5.41) is 3.83. The Hall–Kier alpha value is -3.51. The molecule has 4 aromatic rings. The molecule has 0 N–H and O–H groups in total. The fraction of sp³-hybridized carbons (Fsp3) is 0.214. The Morgan fingerprint density at radius 1 is 0.882 bits per heavy atom. The lowest BCUT2D eigenvalue weighted by Gasteiger charge is -2.30. The van der Waals surface area contributed by atoms with E-state index in [4.69, 9.17) is 0 Å². The molecule has 0 saturated carbocycles. The van der Waals surface area contributed by atoms with Gasteiger partial charge in [-0.05, 0) is 59.8 Å². The molecule has 174 valence electrons. The molecular formula is C28H27FN2O2S. The highest BCUT2D eigenvalue weighted by atomic mass is 32.1. The molecule has 2 amide bonds. The molecule has 0 aliphatic rings. The van der Waals surface area contributed by atoms with E-state index in [1.165, 1.54) is 12.1 Å². The minimum Gasteiger partial charge on any atom is -0.332 e. The van der Waals surface area contributed by atoms with Gasteiger partial charge in [-0.15, -0.1) is 11.3 Å². The first kappa shape index (κ1) is 23.6. The van der Waals surface area contributed by atoms with Crippen molar-refractivity contribution in [2.75, 3.05) is 6.54 Å². The van der Waals surface area contributed by atoms with Crippen LogP contribution in [0.3, 0.4) is 0 Å². The zero-order valence-corrected chi connectivity index (χ0v) is 20.1. The number of thiophene rings is 1. The van der Waals surface area contributed by atoms with Gasteiger partial charge in [-0.3, -0.25) is 9.59 Å². The Bertz CT molecular complexity index is 1260. The Labute approximate surface area is 203 Å². The van der Waals surface area contributed by atoms with E-state index in [9.17, 15) is 14.0 Å². The number of hydrogen-bond donors (Lipinski definition) is 0. The number of rotatable bonds is 8. The summed E-state index contributed by atoms with van der Waals surface area (Å²) in [6.07, 6.45) is 0. The Morgan fingerprint density at radius 3 is 2.32 bits per heavy atom. The monoisotopic (exact) mass is 474 g/mol. The average Bonchev–Trinajstić information content (AvgIpc) is 3.35. The van der Waals surface area contributed by atoms with Crippen LogP contribution in [-0.4, -0.2) is 34.2 Å². The Balaban J connectivity index is 1.59. The van der Waals surface area contributed by atoms with E-state index in [0.717, 1.165) is 21.2 Å². The van der Waals surface area contributed by atoms with Crippen LogP contribution in [0.5, 0.6) is 0 Å². The smallest absolute Gasteiger partial charge is 0.255 e. The highest BCUT2D eigenvalue weighted by molar-refractivity contribution is 7.09. The molecule has 1 aromatic heterocycles. The van der Waals surface area contributed by atoms with Gasteiger partial charge >= 0.3 is 0 Å². The third-order valence-corrected chi connectivity index (χ3v) is 6.64. The highest BCUT2D eigenvalue weighted by Crippen LogP contribution is 2.22. The minimum absolute atomic E-state index is 0.0354. The van der Waals surface area contributed by atoms with Crippen molar-refractivity contribution in [1.29, 1.82) is 0 Å². The van der Waals surface area contributed by atoms with Gasteiger partial charge in [0.15, 0.2) is 0 Å². The van der Waals surface area contributed by atoms with Gasteiger partial charge in [0.2, 0.25) is 5.91 Å². The second-order valence-corrected chi connectivity index (χ2v) is 9.54. The molecule has 0 radical (unpaired) electrons. The molecule has 0 saturated heterocycles. The number of benzene rings is 3. The standard InChI is InChI=1S/C28H27FN2O2S/c1-20(2)31(28(33)26-11-5-8-22-7-3-4-10-25(22)26)19-27(32)30(18-24-9-6-16-34-24)17-21-12-14-23(29)15-13-21/h3-16,20H,17-19H2,1-2H3. The normalized spacial score (nSPS) is 11.1. The van der Waals surface area contributed by atoms with Gasteiger partial charge in [-0.1, -0.05) is 54.6 Å². The van der Waals surface area contributed by atoms with E-state index < -0.39 is 0 Å². The lowest BCUT2D eigenvalue weighted by atomic mass is 10.0. The van der Waals surface area contributed by atoms with Crippen LogP contribution in [0, 0.1) is 5.82 Å². The number of hydrogen-bond acceptors (Lipinski definition) is 3. The minimum atomic E-state index is -0.313. The Morgan fingerprint density at radius 2 is 1.62 bits per heavy atom. The van der Waals surface area contributed by atoms with E-state index in [-0.39, 0.29) is 30.2 Å². The summed E-state index contributed by atoms with van der Waals surface area (Å²) in [5.74, 6) is -0.635. The first-order chi connectivity index (χ1) is 16.4. The average molecular weight is 475 g/mol. The lowest BCUT2D eigenvalue weighted by molar-refractivity contribution is -0.133. The number of carbonyl (C=O) groups excluding carboxylic acids is 2. The van der Waals surface area contributed by atoms with Crippen LogP contribution >= 0.6 is 11.3 Å². The maximum Gasteiger partial charge on any atom is 0.255 e. The molecule has 3 aromatic carbocycles. The zero-order chi connectivity index (χ0) is 24.1. The van der Waals surface area contributed by atoms with Crippen molar-refractivity contribution in [3.8, 4) is 0 Å². The van der Waals surface area contributed by atoms with E-state index >= 15 is 0 Å². The molecule has 0 aliphatic carbocycles. The maximum absolute atomic E-state index is 13.6. The van der Waals surface area contributed by atoms with Crippen molar-refractivity contribution in [1.82, 2.24) is 9.80 Å². The van der Waals surface area contributed by atoms with Crippen molar-refractivity contribution in [3.63, 3.8) is 0 Å². The number of fused-ring (bicyclic) bond motifs is 1. The van der Waals surface area contributed by atoms with Gasteiger partial charge in [0.25, 0.3) is 5.91 Å². The summed E-state index contributed by atoms with van der Waals surface area (Å²) in [6, 6.07) is 23.4. The van der Waals surface area contributed by atoms with Crippen LogP contribution in [0.1, 0.15) is 34.6 Å². The van der Waals surface area contributed by atoms with E-state index in [1.54, 1.807) is 33.3 Å². The van der Waals surface area contributed by atoms with Crippen LogP contribution in [0.4, 0.5) is 4.39 Å². The van der Waals surface area contributed by atoms with Crippen LogP contribution in [0.15, 0.2) is 84.2 Å². The molecular weight excluding hydrogens is 447 g/mol. The van der Waals surface area contributed by atoms with Gasteiger partial charge in [0.05, 0.1) is 6.54 Å². The van der Waals surface area contributed by atoms with Crippen molar-refractivity contribution >= 4 is 33.9 Å². The topological polar surface area (TPSA) is 40.6 Å². The van der Waals surface area contributed by atoms with Crippen molar-refractivity contribution < 1.29 is 14.0 Å². The molecule has 4 rings (SSSR count). The SMILES string of the molecule is CC(C)N(CC(=O)N(Cc1ccc(F)cc1)Cc1cccs1)C(=O)c1cccc2ccccc12. The van der Waals surface area contributed by atoms with Gasteiger partial charge in [0, 0.05) is 23.0 Å². The van der Waals surface area contributed by atoms with E-state index in [0.29, 0.717) is 18.7 Å². The fourth-order valence-corrected chi connectivity index (χ4v) is 4.65. The summed E-state index contributed by atoms with van der Waals surface area (Å²) >= 11 is 1.58. The third-order valence-electron chi connectivity index (χ3n) is 5.78. The van der Waals surface area contributed by atoms with Gasteiger partial charge in [0.1, 0.15) is 12.4 Å². The molecule has 0 unspecified atom stereocenters. The van der Waals surface area contributed by atoms with Crippen molar-refractivity contribution in [2.24, 2.45) is 0 Å². The third kappa shape index (κ3) is 5.51. The molecule has 0 bridgehead atoms. The molecule has 0 fully saturated rings.